The smallest absolute Gasteiger partial charge is 0.416 e. The van der Waals surface area contributed by atoms with Gasteiger partial charge >= 0.3 is 12.1 Å². The third-order valence-corrected chi connectivity index (χ3v) is 4.14. The highest BCUT2D eigenvalue weighted by atomic mass is 19.4. The molecule has 0 amide bonds. The van der Waals surface area contributed by atoms with E-state index in [0.29, 0.717) is 18.8 Å². The summed E-state index contributed by atoms with van der Waals surface area (Å²) in [5.74, 6) is 0.223. The Bertz CT molecular complexity index is 778. The number of carbonyl (C=O) groups excluding carboxylic acids is 1. The molecule has 1 N–H and O–H groups in total. The number of hydrogen-bond acceptors (Lipinski definition) is 5. The Hall–Kier alpha value is -2.58. The topological polar surface area (TPSA) is 56.8 Å². The summed E-state index contributed by atoms with van der Waals surface area (Å²) in [5, 5.41) is 3.15. The minimum atomic E-state index is -4.34. The quantitative estimate of drug-likeness (QED) is 0.600. The average Bonchev–Trinajstić information content (AvgIpc) is 2.69. The van der Waals surface area contributed by atoms with Crippen molar-refractivity contribution < 1.29 is 32.2 Å². The van der Waals surface area contributed by atoms with Crippen molar-refractivity contribution in [3.8, 4) is 5.75 Å². The lowest BCUT2D eigenvalue weighted by molar-refractivity contribution is -0.142. The van der Waals surface area contributed by atoms with Crippen LogP contribution in [0.4, 0.5) is 13.2 Å². The van der Waals surface area contributed by atoms with E-state index in [4.69, 9.17) is 14.2 Å². The second-order valence-corrected chi connectivity index (χ2v) is 6.38. The van der Waals surface area contributed by atoms with Gasteiger partial charge in [-0.05, 0) is 23.8 Å². The molecule has 0 bridgehead atoms. The van der Waals surface area contributed by atoms with Crippen molar-refractivity contribution in [3.05, 3.63) is 65.2 Å². The number of carbonyl (C=O) groups is 1. The van der Waals surface area contributed by atoms with Gasteiger partial charge in [0.15, 0.2) is 0 Å². The molecule has 0 saturated carbocycles. The summed E-state index contributed by atoms with van der Waals surface area (Å²) < 4.78 is 54.0. The van der Waals surface area contributed by atoms with Gasteiger partial charge in [0.05, 0.1) is 5.56 Å². The Balaban J connectivity index is 1.82. The first-order chi connectivity index (χ1) is 13.8. The van der Waals surface area contributed by atoms with Crippen LogP contribution >= 0.6 is 0 Å². The maximum absolute atomic E-state index is 12.6. The van der Waals surface area contributed by atoms with Gasteiger partial charge in [-0.2, -0.15) is 13.2 Å². The maximum Gasteiger partial charge on any atom is 0.416 e. The fraction of sp³-hybridized carbons (Fsp3) is 0.381. The van der Waals surface area contributed by atoms with E-state index in [1.54, 1.807) is 13.2 Å². The number of hydrogen-bond donors (Lipinski definition) is 1. The summed E-state index contributed by atoms with van der Waals surface area (Å²) in [6, 6.07) is 12.2. The molecule has 0 saturated heterocycles. The van der Waals surface area contributed by atoms with E-state index in [-0.39, 0.29) is 25.3 Å². The van der Waals surface area contributed by atoms with Gasteiger partial charge in [0.2, 0.25) is 0 Å². The molecule has 0 heterocycles. The van der Waals surface area contributed by atoms with Gasteiger partial charge in [0.25, 0.3) is 0 Å². The Labute approximate surface area is 167 Å². The summed E-state index contributed by atoms with van der Waals surface area (Å²) in [6.07, 6.45) is -4.61. The molecular weight excluding hydrogens is 387 g/mol. The van der Waals surface area contributed by atoms with Crippen LogP contribution in [0.1, 0.15) is 23.6 Å². The number of benzene rings is 2. The number of para-hydroxylation sites is 1. The van der Waals surface area contributed by atoms with E-state index in [1.807, 2.05) is 18.2 Å². The van der Waals surface area contributed by atoms with Gasteiger partial charge in [-0.25, -0.2) is 0 Å². The van der Waals surface area contributed by atoms with Crippen LogP contribution < -0.4 is 10.1 Å². The van der Waals surface area contributed by atoms with E-state index in [1.165, 1.54) is 19.1 Å². The number of rotatable bonds is 10. The van der Waals surface area contributed by atoms with Gasteiger partial charge in [-0.1, -0.05) is 30.3 Å². The Morgan fingerprint density at radius 3 is 2.41 bits per heavy atom. The van der Waals surface area contributed by atoms with Crippen LogP contribution in [0, 0.1) is 0 Å². The van der Waals surface area contributed by atoms with Crippen molar-refractivity contribution in [2.75, 3.05) is 20.3 Å². The van der Waals surface area contributed by atoms with Crippen LogP contribution in [-0.4, -0.2) is 32.3 Å². The van der Waals surface area contributed by atoms with Gasteiger partial charge in [0, 0.05) is 32.7 Å². The molecule has 2 rings (SSSR count). The summed E-state index contributed by atoms with van der Waals surface area (Å²) >= 11 is 0. The van der Waals surface area contributed by atoms with Gasteiger partial charge in [0.1, 0.15) is 25.1 Å². The lowest BCUT2D eigenvalue weighted by Crippen LogP contribution is -2.33. The van der Waals surface area contributed by atoms with Crippen molar-refractivity contribution in [2.24, 2.45) is 0 Å². The van der Waals surface area contributed by atoms with Crippen LogP contribution in [0.25, 0.3) is 0 Å². The number of halogens is 3. The molecule has 0 aliphatic rings. The molecule has 0 aliphatic heterocycles. The normalized spacial score (nSPS) is 12.4. The highest BCUT2D eigenvalue weighted by Gasteiger charge is 2.29. The number of ether oxygens (including phenoxy) is 3. The molecule has 2 aromatic rings. The average molecular weight is 411 g/mol. The van der Waals surface area contributed by atoms with Crippen molar-refractivity contribution in [3.63, 3.8) is 0 Å². The minimum absolute atomic E-state index is 0.120. The van der Waals surface area contributed by atoms with Crippen LogP contribution in [0.2, 0.25) is 0 Å². The van der Waals surface area contributed by atoms with Gasteiger partial charge < -0.3 is 19.5 Å². The van der Waals surface area contributed by atoms with Crippen molar-refractivity contribution in [2.45, 2.75) is 32.4 Å². The molecule has 1 unspecified atom stereocenters. The van der Waals surface area contributed by atoms with E-state index < -0.39 is 11.7 Å². The molecule has 0 aromatic heterocycles. The Morgan fingerprint density at radius 2 is 1.79 bits per heavy atom. The van der Waals surface area contributed by atoms with Gasteiger partial charge in [-0.15, -0.1) is 0 Å². The summed E-state index contributed by atoms with van der Waals surface area (Å²) in [6.45, 7) is 2.57. The summed E-state index contributed by atoms with van der Waals surface area (Å²) in [5.41, 5.74) is 0.813. The van der Waals surface area contributed by atoms with E-state index in [0.717, 1.165) is 23.3 Å². The molecule has 1 atom stereocenters. The van der Waals surface area contributed by atoms with Crippen molar-refractivity contribution >= 4 is 5.97 Å². The molecule has 0 radical (unpaired) electrons. The van der Waals surface area contributed by atoms with Crippen molar-refractivity contribution in [1.29, 1.82) is 0 Å². The number of methoxy groups -OCH3 is 1. The molecule has 2 aromatic carbocycles. The second kappa shape index (κ2) is 10.8. The molecule has 158 valence electrons. The number of nitrogens with one attached hydrogen (secondary N) is 1. The molecule has 29 heavy (non-hydrogen) atoms. The Morgan fingerprint density at radius 1 is 1.10 bits per heavy atom. The van der Waals surface area contributed by atoms with Gasteiger partial charge in [-0.3, -0.25) is 4.79 Å². The summed E-state index contributed by atoms with van der Waals surface area (Å²) in [7, 11) is 1.55. The predicted molar refractivity (Wildman–Crippen MR) is 101 cm³/mol. The SMILES string of the molecule is COC(CNCc1ccc(C(F)(F)F)cc1)COc1ccccc1COC(C)=O. The fourth-order valence-electron chi connectivity index (χ4n) is 2.53. The van der Waals surface area contributed by atoms with E-state index >= 15 is 0 Å². The highest BCUT2D eigenvalue weighted by Crippen LogP contribution is 2.29. The van der Waals surface area contributed by atoms with E-state index in [2.05, 4.69) is 5.32 Å². The predicted octanol–water partition coefficient (Wildman–Crippen LogP) is 3.95. The molecular formula is C21H24F3NO4. The minimum Gasteiger partial charge on any atom is -0.490 e. The Kier molecular flexibility index (Phi) is 8.48. The second-order valence-electron chi connectivity index (χ2n) is 6.38. The number of esters is 1. The third kappa shape index (κ3) is 7.75. The third-order valence-electron chi connectivity index (χ3n) is 4.14. The molecule has 0 fully saturated rings. The first-order valence-electron chi connectivity index (χ1n) is 9.03. The lowest BCUT2D eigenvalue weighted by Gasteiger charge is -2.18. The standard InChI is InChI=1S/C21H24F3NO4/c1-15(26)28-13-17-5-3-4-6-20(17)29-14-19(27-2)12-25-11-16-7-9-18(10-8-16)21(22,23)24/h3-10,19,25H,11-14H2,1-2H3. The zero-order valence-electron chi connectivity index (χ0n) is 16.3. The lowest BCUT2D eigenvalue weighted by atomic mass is 10.1. The monoisotopic (exact) mass is 411 g/mol. The van der Waals surface area contributed by atoms with Crippen LogP contribution in [0.5, 0.6) is 5.75 Å². The van der Waals surface area contributed by atoms with Crippen LogP contribution in [-0.2, 0) is 33.6 Å². The maximum atomic E-state index is 12.6. The number of alkyl halides is 3. The van der Waals surface area contributed by atoms with Crippen LogP contribution in [0.3, 0.4) is 0 Å². The first kappa shape index (κ1) is 22.7. The first-order valence-corrected chi connectivity index (χ1v) is 9.03. The molecule has 5 nitrogen and oxygen atoms in total. The fourth-order valence-corrected chi connectivity index (χ4v) is 2.53. The summed E-state index contributed by atoms with van der Waals surface area (Å²) in [4.78, 5) is 11.0. The van der Waals surface area contributed by atoms with E-state index in [9.17, 15) is 18.0 Å². The molecule has 0 aliphatic carbocycles. The molecule has 0 spiro atoms. The van der Waals surface area contributed by atoms with Crippen molar-refractivity contribution in [1.82, 2.24) is 5.32 Å². The highest BCUT2D eigenvalue weighted by molar-refractivity contribution is 5.66. The molecule has 8 heteroatoms. The zero-order valence-corrected chi connectivity index (χ0v) is 16.3. The largest absolute Gasteiger partial charge is 0.490 e. The zero-order chi connectivity index (χ0) is 21.3. The van der Waals surface area contributed by atoms with Crippen LogP contribution in [0.15, 0.2) is 48.5 Å².